The number of ether oxygens (including phenoxy) is 2. The molecule has 0 aliphatic carbocycles. The average Bonchev–Trinajstić information content (AvgIpc) is 2.43. The Labute approximate surface area is 125 Å². The summed E-state index contributed by atoms with van der Waals surface area (Å²) in [4.78, 5) is 0. The van der Waals surface area contributed by atoms with Crippen LogP contribution in [0, 0.1) is 0 Å². The first kappa shape index (κ1) is 16.5. The second-order valence-corrected chi connectivity index (χ2v) is 5.51. The number of benzene rings is 1. The molecule has 0 radical (unpaired) electrons. The Kier molecular flexibility index (Phi) is 8.10. The van der Waals surface area contributed by atoms with Crippen molar-refractivity contribution in [1.29, 1.82) is 0 Å². The molecule has 0 saturated heterocycles. The molecule has 0 atom stereocenters. The summed E-state index contributed by atoms with van der Waals surface area (Å²) in [6, 6.07) is 3.86. The predicted molar refractivity (Wildman–Crippen MR) is 83.9 cm³/mol. The first-order chi connectivity index (χ1) is 9.24. The molecule has 0 aliphatic rings. The SMILES string of the molecule is COc1ccc(CNCCCCSC)c(Cl)c1OC. The lowest BCUT2D eigenvalue weighted by molar-refractivity contribution is 0.354. The zero-order chi connectivity index (χ0) is 14.1. The Bertz CT molecular complexity index is 388. The van der Waals surface area contributed by atoms with E-state index in [2.05, 4.69) is 11.6 Å². The van der Waals surface area contributed by atoms with Gasteiger partial charge >= 0.3 is 0 Å². The van der Waals surface area contributed by atoms with Gasteiger partial charge in [0.2, 0.25) is 0 Å². The van der Waals surface area contributed by atoms with Crippen LogP contribution >= 0.6 is 23.4 Å². The third-order valence-electron chi connectivity index (χ3n) is 2.83. The highest BCUT2D eigenvalue weighted by Gasteiger charge is 2.12. The van der Waals surface area contributed by atoms with Crippen LogP contribution in [-0.2, 0) is 6.54 Å². The van der Waals surface area contributed by atoms with E-state index in [1.165, 1.54) is 18.6 Å². The Morgan fingerprint density at radius 1 is 1.21 bits per heavy atom. The lowest BCUT2D eigenvalue weighted by Gasteiger charge is -2.13. The lowest BCUT2D eigenvalue weighted by Crippen LogP contribution is -2.15. The fourth-order valence-electron chi connectivity index (χ4n) is 1.79. The first-order valence-corrected chi connectivity index (χ1v) is 8.10. The van der Waals surface area contributed by atoms with E-state index in [4.69, 9.17) is 21.1 Å². The van der Waals surface area contributed by atoms with Gasteiger partial charge in [-0.1, -0.05) is 17.7 Å². The average molecular weight is 304 g/mol. The molecule has 0 aromatic heterocycles. The summed E-state index contributed by atoms with van der Waals surface area (Å²) in [7, 11) is 3.21. The van der Waals surface area contributed by atoms with Gasteiger partial charge in [-0.05, 0) is 43.0 Å². The van der Waals surface area contributed by atoms with Crippen molar-refractivity contribution in [3.8, 4) is 11.5 Å². The fraction of sp³-hybridized carbons (Fsp3) is 0.571. The zero-order valence-electron chi connectivity index (χ0n) is 11.8. The molecule has 0 unspecified atom stereocenters. The number of hydrogen-bond acceptors (Lipinski definition) is 4. The Hall–Kier alpha value is -0.580. The van der Waals surface area contributed by atoms with Gasteiger partial charge in [-0.3, -0.25) is 0 Å². The van der Waals surface area contributed by atoms with Crippen LogP contribution in [-0.4, -0.2) is 32.8 Å². The van der Waals surface area contributed by atoms with Gasteiger partial charge < -0.3 is 14.8 Å². The van der Waals surface area contributed by atoms with E-state index in [0.29, 0.717) is 16.5 Å². The summed E-state index contributed by atoms with van der Waals surface area (Å²) in [5.41, 5.74) is 1.03. The summed E-state index contributed by atoms with van der Waals surface area (Å²) in [5, 5.41) is 4.02. The molecule has 5 heteroatoms. The minimum absolute atomic E-state index is 0.603. The Morgan fingerprint density at radius 2 is 2.00 bits per heavy atom. The summed E-state index contributed by atoms with van der Waals surface area (Å²) in [5.74, 6) is 2.49. The molecule has 0 bridgehead atoms. The molecular weight excluding hydrogens is 282 g/mol. The molecule has 108 valence electrons. The van der Waals surface area contributed by atoms with Crippen molar-refractivity contribution in [2.45, 2.75) is 19.4 Å². The van der Waals surface area contributed by atoms with E-state index in [1.54, 1.807) is 14.2 Å². The van der Waals surface area contributed by atoms with E-state index in [9.17, 15) is 0 Å². The quantitative estimate of drug-likeness (QED) is 0.706. The van der Waals surface area contributed by atoms with Gasteiger partial charge in [0.1, 0.15) is 0 Å². The summed E-state index contributed by atoms with van der Waals surface area (Å²) >= 11 is 8.20. The zero-order valence-corrected chi connectivity index (χ0v) is 13.4. The monoisotopic (exact) mass is 303 g/mol. The van der Waals surface area contributed by atoms with Gasteiger partial charge in [-0.25, -0.2) is 0 Å². The van der Waals surface area contributed by atoms with Crippen LogP contribution in [0.3, 0.4) is 0 Å². The molecular formula is C14H22ClNO2S. The van der Waals surface area contributed by atoms with Crippen molar-refractivity contribution in [1.82, 2.24) is 5.32 Å². The number of nitrogens with one attached hydrogen (secondary N) is 1. The second-order valence-electron chi connectivity index (χ2n) is 4.15. The highest BCUT2D eigenvalue weighted by Crippen LogP contribution is 2.37. The van der Waals surface area contributed by atoms with Crippen LogP contribution in [0.4, 0.5) is 0 Å². The number of halogens is 1. The van der Waals surface area contributed by atoms with Gasteiger partial charge in [0.15, 0.2) is 11.5 Å². The number of hydrogen-bond donors (Lipinski definition) is 1. The molecule has 0 spiro atoms. The third kappa shape index (κ3) is 5.13. The van der Waals surface area contributed by atoms with Gasteiger partial charge in [0.05, 0.1) is 19.2 Å². The number of methoxy groups -OCH3 is 2. The summed E-state index contributed by atoms with van der Waals surface area (Å²) < 4.78 is 10.5. The highest BCUT2D eigenvalue weighted by atomic mass is 35.5. The maximum atomic E-state index is 6.31. The molecule has 1 N–H and O–H groups in total. The first-order valence-electron chi connectivity index (χ1n) is 6.33. The van der Waals surface area contributed by atoms with Crippen LogP contribution < -0.4 is 14.8 Å². The molecule has 3 nitrogen and oxygen atoms in total. The van der Waals surface area contributed by atoms with E-state index in [-0.39, 0.29) is 0 Å². The number of unbranched alkanes of at least 4 members (excludes halogenated alkanes) is 1. The van der Waals surface area contributed by atoms with Crippen molar-refractivity contribution < 1.29 is 9.47 Å². The third-order valence-corrected chi connectivity index (χ3v) is 3.94. The maximum Gasteiger partial charge on any atom is 0.179 e. The smallest absolute Gasteiger partial charge is 0.179 e. The molecule has 1 rings (SSSR count). The van der Waals surface area contributed by atoms with Gasteiger partial charge in [-0.15, -0.1) is 0 Å². The molecule has 0 amide bonds. The van der Waals surface area contributed by atoms with Crippen LogP contribution in [0.5, 0.6) is 11.5 Å². The van der Waals surface area contributed by atoms with E-state index >= 15 is 0 Å². The minimum Gasteiger partial charge on any atom is -0.493 e. The molecule has 1 aromatic carbocycles. The maximum absolute atomic E-state index is 6.31. The molecule has 0 saturated carbocycles. The van der Waals surface area contributed by atoms with E-state index < -0.39 is 0 Å². The Morgan fingerprint density at radius 3 is 2.63 bits per heavy atom. The van der Waals surface area contributed by atoms with Gasteiger partial charge in [0, 0.05) is 6.54 Å². The van der Waals surface area contributed by atoms with Crippen LogP contribution in [0.15, 0.2) is 12.1 Å². The fourth-order valence-corrected chi connectivity index (χ4v) is 2.58. The number of thioether (sulfide) groups is 1. The summed E-state index contributed by atoms with van der Waals surface area (Å²) in [6.45, 7) is 1.75. The van der Waals surface area contributed by atoms with Crippen LogP contribution in [0.1, 0.15) is 18.4 Å². The van der Waals surface area contributed by atoms with Gasteiger partial charge in [-0.2, -0.15) is 11.8 Å². The molecule has 19 heavy (non-hydrogen) atoms. The van der Waals surface area contributed by atoms with Crippen molar-refractivity contribution in [2.75, 3.05) is 32.8 Å². The second kappa shape index (κ2) is 9.34. The topological polar surface area (TPSA) is 30.5 Å². The van der Waals surface area contributed by atoms with Crippen LogP contribution in [0.25, 0.3) is 0 Å². The normalized spacial score (nSPS) is 10.5. The molecule has 1 aromatic rings. The van der Waals surface area contributed by atoms with Crippen molar-refractivity contribution in [2.24, 2.45) is 0 Å². The molecule has 0 fully saturated rings. The van der Waals surface area contributed by atoms with Crippen molar-refractivity contribution >= 4 is 23.4 Å². The number of rotatable bonds is 9. The highest BCUT2D eigenvalue weighted by molar-refractivity contribution is 7.98. The Balaban J connectivity index is 2.50. The van der Waals surface area contributed by atoms with Crippen molar-refractivity contribution in [3.63, 3.8) is 0 Å². The molecule has 0 heterocycles. The lowest BCUT2D eigenvalue weighted by atomic mass is 10.2. The minimum atomic E-state index is 0.603. The largest absolute Gasteiger partial charge is 0.493 e. The summed E-state index contributed by atoms with van der Waals surface area (Å²) in [6.07, 6.45) is 4.57. The van der Waals surface area contributed by atoms with E-state index in [1.807, 2.05) is 23.9 Å². The standard InChI is InChI=1S/C14H22ClNO2S/c1-17-12-7-6-11(13(15)14(12)18-2)10-16-8-4-5-9-19-3/h6-7,16H,4-5,8-10H2,1-3H3. The van der Waals surface area contributed by atoms with Crippen LogP contribution in [0.2, 0.25) is 5.02 Å². The van der Waals surface area contributed by atoms with Crippen molar-refractivity contribution in [3.05, 3.63) is 22.7 Å². The van der Waals surface area contributed by atoms with Gasteiger partial charge in [0.25, 0.3) is 0 Å². The predicted octanol–water partition coefficient (Wildman–Crippen LogP) is 3.59. The molecule has 0 aliphatic heterocycles. The van der Waals surface area contributed by atoms with E-state index in [0.717, 1.165) is 18.7 Å².